The molecule has 1 aromatic rings. The molecule has 1 aliphatic heterocycles. The smallest absolute Gasteiger partial charge is 0.221 e. The lowest BCUT2D eigenvalue weighted by molar-refractivity contribution is -0.119. The van der Waals surface area contributed by atoms with Gasteiger partial charge in [-0.15, -0.1) is 0 Å². The van der Waals surface area contributed by atoms with Gasteiger partial charge < -0.3 is 10.6 Å². The summed E-state index contributed by atoms with van der Waals surface area (Å²) in [7, 11) is -3.23. The molecular formula is C12H16N2O3S. The van der Waals surface area contributed by atoms with Gasteiger partial charge in [-0.05, 0) is 12.1 Å². The second kappa shape index (κ2) is 5.49. The molecule has 18 heavy (non-hydrogen) atoms. The van der Waals surface area contributed by atoms with Crippen LogP contribution in [0.1, 0.15) is 6.42 Å². The monoisotopic (exact) mass is 268 g/mol. The van der Waals surface area contributed by atoms with Crippen LogP contribution in [0.15, 0.2) is 35.2 Å². The highest BCUT2D eigenvalue weighted by Crippen LogP contribution is 2.09. The van der Waals surface area contributed by atoms with Gasteiger partial charge in [-0.1, -0.05) is 18.2 Å². The van der Waals surface area contributed by atoms with Crippen molar-refractivity contribution in [2.75, 3.05) is 18.8 Å². The van der Waals surface area contributed by atoms with Gasteiger partial charge in [-0.3, -0.25) is 4.79 Å². The molecule has 0 bridgehead atoms. The molecule has 6 heteroatoms. The molecule has 1 unspecified atom stereocenters. The Labute approximate surface area is 107 Å². The largest absolute Gasteiger partial charge is 0.354 e. The van der Waals surface area contributed by atoms with Gasteiger partial charge in [0.05, 0.1) is 10.6 Å². The van der Waals surface area contributed by atoms with Crippen LogP contribution in [0, 0.1) is 0 Å². The van der Waals surface area contributed by atoms with E-state index in [1.54, 1.807) is 30.3 Å². The lowest BCUT2D eigenvalue weighted by Gasteiger charge is -2.10. The molecule has 0 aliphatic carbocycles. The molecule has 2 N–H and O–H groups in total. The average molecular weight is 268 g/mol. The summed E-state index contributed by atoms with van der Waals surface area (Å²) in [5.41, 5.74) is 0. The normalized spacial score (nSPS) is 19.8. The van der Waals surface area contributed by atoms with Crippen molar-refractivity contribution in [2.45, 2.75) is 17.4 Å². The van der Waals surface area contributed by atoms with Crippen LogP contribution in [0.25, 0.3) is 0 Å². The number of hydrogen-bond donors (Lipinski definition) is 2. The summed E-state index contributed by atoms with van der Waals surface area (Å²) < 4.78 is 23.9. The fourth-order valence-corrected chi connectivity index (χ4v) is 3.09. The Morgan fingerprint density at radius 1 is 1.28 bits per heavy atom. The third-order valence-corrected chi connectivity index (χ3v) is 4.62. The summed E-state index contributed by atoms with van der Waals surface area (Å²) in [6.07, 6.45) is 0.422. The molecule has 1 amide bonds. The number of amides is 1. The van der Waals surface area contributed by atoms with Crippen LogP contribution >= 0.6 is 0 Å². The van der Waals surface area contributed by atoms with Crippen LogP contribution in [0.5, 0.6) is 0 Å². The van der Waals surface area contributed by atoms with Crippen LogP contribution in [0.4, 0.5) is 0 Å². The molecule has 0 spiro atoms. The molecule has 1 aliphatic rings. The van der Waals surface area contributed by atoms with Crippen molar-refractivity contribution < 1.29 is 13.2 Å². The van der Waals surface area contributed by atoms with Crippen molar-refractivity contribution in [1.29, 1.82) is 0 Å². The minimum Gasteiger partial charge on any atom is -0.354 e. The van der Waals surface area contributed by atoms with E-state index >= 15 is 0 Å². The van der Waals surface area contributed by atoms with Gasteiger partial charge >= 0.3 is 0 Å². The molecule has 1 atom stereocenters. The molecule has 0 aromatic heterocycles. The number of carbonyl (C=O) groups excluding carboxylic acids is 1. The average Bonchev–Trinajstić information content (AvgIpc) is 2.76. The Balaban J connectivity index is 1.85. The summed E-state index contributed by atoms with van der Waals surface area (Å²) in [4.78, 5) is 11.3. The highest BCUT2D eigenvalue weighted by Gasteiger charge is 2.21. The van der Waals surface area contributed by atoms with E-state index in [-0.39, 0.29) is 17.7 Å². The number of hydrogen-bond acceptors (Lipinski definition) is 4. The zero-order valence-electron chi connectivity index (χ0n) is 9.93. The summed E-state index contributed by atoms with van der Waals surface area (Å²) in [5, 5.41) is 5.77. The first-order valence-corrected chi connectivity index (χ1v) is 7.51. The highest BCUT2D eigenvalue weighted by molar-refractivity contribution is 7.91. The molecular weight excluding hydrogens is 252 g/mol. The van der Waals surface area contributed by atoms with Crippen molar-refractivity contribution in [1.82, 2.24) is 10.6 Å². The summed E-state index contributed by atoms with van der Waals surface area (Å²) >= 11 is 0. The maximum absolute atomic E-state index is 11.9. The molecule has 0 saturated carbocycles. The van der Waals surface area contributed by atoms with Crippen molar-refractivity contribution in [3.05, 3.63) is 30.3 Å². The number of rotatable bonds is 5. The van der Waals surface area contributed by atoms with E-state index in [9.17, 15) is 13.2 Å². The third-order valence-electron chi connectivity index (χ3n) is 2.88. The number of sulfone groups is 1. The zero-order chi connectivity index (χ0) is 13.0. The number of benzene rings is 1. The molecule has 5 nitrogen and oxygen atoms in total. The molecule has 1 fully saturated rings. The second-order valence-corrected chi connectivity index (χ2v) is 6.40. The first kappa shape index (κ1) is 13.0. The Morgan fingerprint density at radius 3 is 2.61 bits per heavy atom. The molecule has 98 valence electrons. The van der Waals surface area contributed by atoms with Crippen LogP contribution in [0.3, 0.4) is 0 Å². The predicted octanol–water partition coefficient (Wildman–Crippen LogP) is -0.0616. The van der Waals surface area contributed by atoms with E-state index < -0.39 is 9.84 Å². The van der Waals surface area contributed by atoms with Gasteiger partial charge in [0.2, 0.25) is 5.91 Å². The van der Waals surface area contributed by atoms with Gasteiger partial charge in [0.15, 0.2) is 9.84 Å². The zero-order valence-corrected chi connectivity index (χ0v) is 10.7. The summed E-state index contributed by atoms with van der Waals surface area (Å²) in [6.45, 7) is 0.932. The Hall–Kier alpha value is -1.40. The minimum atomic E-state index is -3.23. The standard InChI is InChI=1S/C12H16N2O3S/c15-12-8-10(9-14-12)13-6-7-18(16,17)11-4-2-1-3-5-11/h1-5,10,13H,6-9H2,(H,14,15). The van der Waals surface area contributed by atoms with Crippen LogP contribution in [-0.2, 0) is 14.6 Å². The SMILES string of the molecule is O=C1CC(NCCS(=O)(=O)c2ccccc2)CN1. The Bertz CT molecular complexity index is 513. The lowest BCUT2D eigenvalue weighted by atomic mass is 10.2. The first-order chi connectivity index (χ1) is 8.58. The van der Waals surface area contributed by atoms with Crippen molar-refractivity contribution >= 4 is 15.7 Å². The van der Waals surface area contributed by atoms with Crippen LogP contribution in [-0.4, -0.2) is 39.2 Å². The third kappa shape index (κ3) is 3.30. The minimum absolute atomic E-state index is 0.0124. The van der Waals surface area contributed by atoms with Gasteiger partial charge in [-0.25, -0.2) is 8.42 Å². The second-order valence-electron chi connectivity index (χ2n) is 4.29. The Morgan fingerprint density at radius 2 is 2.00 bits per heavy atom. The molecule has 1 saturated heterocycles. The van der Waals surface area contributed by atoms with Gasteiger partial charge in [0.1, 0.15) is 0 Å². The van der Waals surface area contributed by atoms with E-state index in [4.69, 9.17) is 0 Å². The van der Waals surface area contributed by atoms with Gasteiger partial charge in [0, 0.05) is 25.6 Å². The Kier molecular flexibility index (Phi) is 3.98. The summed E-state index contributed by atoms with van der Waals surface area (Å²) in [5.74, 6) is 0.0558. The van der Waals surface area contributed by atoms with E-state index in [0.717, 1.165) is 0 Å². The van der Waals surface area contributed by atoms with Crippen molar-refractivity contribution in [3.8, 4) is 0 Å². The fourth-order valence-electron chi connectivity index (χ4n) is 1.89. The topological polar surface area (TPSA) is 75.3 Å². The lowest BCUT2D eigenvalue weighted by Crippen LogP contribution is -2.34. The molecule has 0 radical (unpaired) electrons. The van der Waals surface area contributed by atoms with Crippen molar-refractivity contribution in [3.63, 3.8) is 0 Å². The summed E-state index contributed by atoms with van der Waals surface area (Å²) in [6, 6.07) is 8.43. The van der Waals surface area contributed by atoms with Gasteiger partial charge in [-0.2, -0.15) is 0 Å². The van der Waals surface area contributed by atoms with Crippen molar-refractivity contribution in [2.24, 2.45) is 0 Å². The van der Waals surface area contributed by atoms with E-state index in [1.165, 1.54) is 0 Å². The number of nitrogens with one attached hydrogen (secondary N) is 2. The van der Waals surface area contributed by atoms with E-state index in [1.807, 2.05) is 0 Å². The number of carbonyl (C=O) groups is 1. The molecule has 1 heterocycles. The molecule has 1 aromatic carbocycles. The quantitative estimate of drug-likeness (QED) is 0.784. The maximum atomic E-state index is 11.9. The van der Waals surface area contributed by atoms with E-state index in [2.05, 4.69) is 10.6 Å². The van der Waals surface area contributed by atoms with Crippen LogP contribution in [0.2, 0.25) is 0 Å². The first-order valence-electron chi connectivity index (χ1n) is 5.86. The van der Waals surface area contributed by atoms with Crippen LogP contribution < -0.4 is 10.6 Å². The van der Waals surface area contributed by atoms with E-state index in [0.29, 0.717) is 24.4 Å². The predicted molar refractivity (Wildman–Crippen MR) is 67.9 cm³/mol. The fraction of sp³-hybridized carbons (Fsp3) is 0.417. The maximum Gasteiger partial charge on any atom is 0.221 e. The highest BCUT2D eigenvalue weighted by atomic mass is 32.2. The van der Waals surface area contributed by atoms with Gasteiger partial charge in [0.25, 0.3) is 0 Å². The molecule has 2 rings (SSSR count).